The predicted molar refractivity (Wildman–Crippen MR) is 119 cm³/mol. The largest absolute Gasteiger partial charge is 0.493 e. The van der Waals surface area contributed by atoms with Gasteiger partial charge in [-0.3, -0.25) is 10.00 Å². The molecule has 0 atom stereocenters. The number of ether oxygens (including phenoxy) is 1. The van der Waals surface area contributed by atoms with Crippen LogP contribution in [0.5, 0.6) is 5.75 Å². The number of carbonyl (C=O) groups is 1. The van der Waals surface area contributed by atoms with Gasteiger partial charge >= 0.3 is 6.03 Å². The van der Waals surface area contributed by atoms with Crippen molar-refractivity contribution in [3.8, 4) is 16.9 Å². The Morgan fingerprint density at radius 2 is 2.10 bits per heavy atom. The molecule has 0 radical (unpaired) electrons. The average Bonchev–Trinajstić information content (AvgIpc) is 3.33. The van der Waals surface area contributed by atoms with Crippen LogP contribution in [0.15, 0.2) is 48.8 Å². The number of nitrogens with zero attached hydrogens (tertiary/aromatic N) is 4. The molecule has 160 valence electrons. The molecule has 1 saturated heterocycles. The zero-order valence-electron chi connectivity index (χ0n) is 17.8. The SMILES string of the molecule is CCc1nc(N2CCN(Cc3cccc(OCC4CC4)c3)C2=O)ccc1-c1cn[nH]c1. The van der Waals surface area contributed by atoms with Gasteiger partial charge in [0.1, 0.15) is 11.6 Å². The van der Waals surface area contributed by atoms with Crippen molar-refractivity contribution in [1.82, 2.24) is 20.1 Å². The third-order valence-corrected chi connectivity index (χ3v) is 5.93. The molecule has 1 N–H and O–H groups in total. The van der Waals surface area contributed by atoms with Gasteiger partial charge in [-0.25, -0.2) is 9.78 Å². The Hall–Kier alpha value is -3.35. The van der Waals surface area contributed by atoms with Crippen LogP contribution in [0.25, 0.3) is 11.1 Å². The molecule has 1 saturated carbocycles. The number of aryl methyl sites for hydroxylation is 1. The number of H-pyrrole nitrogens is 1. The molecule has 2 amide bonds. The Morgan fingerprint density at radius 3 is 2.87 bits per heavy atom. The lowest BCUT2D eigenvalue weighted by atomic mass is 10.1. The topological polar surface area (TPSA) is 74.3 Å². The first kappa shape index (κ1) is 19.6. The average molecular weight is 418 g/mol. The van der Waals surface area contributed by atoms with Gasteiger partial charge in [0.2, 0.25) is 0 Å². The van der Waals surface area contributed by atoms with Crippen LogP contribution in [-0.2, 0) is 13.0 Å². The number of rotatable bonds is 8. The monoisotopic (exact) mass is 417 g/mol. The van der Waals surface area contributed by atoms with Crippen molar-refractivity contribution >= 4 is 11.8 Å². The van der Waals surface area contributed by atoms with Crippen molar-refractivity contribution in [2.45, 2.75) is 32.7 Å². The van der Waals surface area contributed by atoms with Crippen molar-refractivity contribution < 1.29 is 9.53 Å². The Kier molecular flexibility index (Phi) is 5.32. The van der Waals surface area contributed by atoms with Crippen molar-refractivity contribution in [3.63, 3.8) is 0 Å². The van der Waals surface area contributed by atoms with Gasteiger partial charge in [0, 0.05) is 37.0 Å². The van der Waals surface area contributed by atoms with Crippen LogP contribution < -0.4 is 9.64 Å². The second-order valence-electron chi connectivity index (χ2n) is 8.26. The standard InChI is InChI=1S/C24H27N5O2/c1-2-22-21(19-13-25-26-14-19)8-9-23(27-22)29-11-10-28(24(29)30)15-18-4-3-5-20(12-18)31-16-17-6-7-17/h3-5,8-9,12-14,17H,2,6-7,10-11,15-16H2,1H3,(H,25,26). The maximum absolute atomic E-state index is 13.1. The molecule has 1 aliphatic heterocycles. The summed E-state index contributed by atoms with van der Waals surface area (Å²) in [4.78, 5) is 21.5. The normalized spacial score (nSPS) is 16.2. The summed E-state index contributed by atoms with van der Waals surface area (Å²) in [5.74, 6) is 2.31. The van der Waals surface area contributed by atoms with Crippen molar-refractivity contribution in [2.75, 3.05) is 24.6 Å². The Labute approximate surface area is 182 Å². The van der Waals surface area contributed by atoms with Crippen LogP contribution >= 0.6 is 0 Å². The molecule has 7 nitrogen and oxygen atoms in total. The van der Waals surface area contributed by atoms with E-state index in [0.29, 0.717) is 25.5 Å². The minimum absolute atomic E-state index is 0.00471. The molecular formula is C24H27N5O2. The molecule has 0 spiro atoms. The molecule has 7 heteroatoms. The molecule has 0 bridgehead atoms. The van der Waals surface area contributed by atoms with E-state index in [0.717, 1.165) is 47.1 Å². The number of anilines is 1. The number of urea groups is 1. The van der Waals surface area contributed by atoms with Gasteiger partial charge in [-0.15, -0.1) is 0 Å². The lowest BCUT2D eigenvalue weighted by Gasteiger charge is -2.19. The van der Waals surface area contributed by atoms with Crippen LogP contribution in [0.1, 0.15) is 31.0 Å². The lowest BCUT2D eigenvalue weighted by molar-refractivity contribution is 0.218. The van der Waals surface area contributed by atoms with E-state index in [1.165, 1.54) is 12.8 Å². The van der Waals surface area contributed by atoms with Crippen LogP contribution in [0.4, 0.5) is 10.6 Å². The van der Waals surface area contributed by atoms with Crippen molar-refractivity contribution in [3.05, 3.63) is 60.0 Å². The van der Waals surface area contributed by atoms with Gasteiger partial charge < -0.3 is 9.64 Å². The zero-order chi connectivity index (χ0) is 21.2. The molecule has 1 aliphatic carbocycles. The number of nitrogens with one attached hydrogen (secondary N) is 1. The Morgan fingerprint density at radius 1 is 1.19 bits per heavy atom. The fourth-order valence-corrected chi connectivity index (χ4v) is 3.97. The zero-order valence-corrected chi connectivity index (χ0v) is 17.8. The summed E-state index contributed by atoms with van der Waals surface area (Å²) in [7, 11) is 0. The van der Waals surface area contributed by atoms with Gasteiger partial charge in [-0.05, 0) is 55.0 Å². The third kappa shape index (κ3) is 4.26. The number of hydrogen-bond acceptors (Lipinski definition) is 4. The van der Waals surface area contributed by atoms with Crippen LogP contribution in [0.3, 0.4) is 0 Å². The van der Waals surface area contributed by atoms with E-state index in [1.807, 2.05) is 47.5 Å². The van der Waals surface area contributed by atoms with Crippen molar-refractivity contribution in [2.24, 2.45) is 5.92 Å². The molecule has 2 fully saturated rings. The summed E-state index contributed by atoms with van der Waals surface area (Å²) in [6.07, 6.45) is 6.99. The highest BCUT2D eigenvalue weighted by atomic mass is 16.5. The first-order chi connectivity index (χ1) is 15.2. The molecule has 2 aromatic heterocycles. The highest BCUT2D eigenvalue weighted by Crippen LogP contribution is 2.30. The fourth-order valence-electron chi connectivity index (χ4n) is 3.97. The summed E-state index contributed by atoms with van der Waals surface area (Å²) in [5, 5.41) is 6.88. The number of carbonyl (C=O) groups excluding carboxylic acids is 1. The number of amides is 2. The minimum Gasteiger partial charge on any atom is -0.493 e. The van der Waals surface area contributed by atoms with E-state index >= 15 is 0 Å². The lowest BCUT2D eigenvalue weighted by Crippen LogP contribution is -2.32. The first-order valence-corrected chi connectivity index (χ1v) is 11.0. The Bertz CT molecular complexity index is 1060. The highest BCUT2D eigenvalue weighted by Gasteiger charge is 2.31. The number of hydrogen-bond donors (Lipinski definition) is 1. The van der Waals surface area contributed by atoms with Gasteiger partial charge in [0.05, 0.1) is 18.5 Å². The highest BCUT2D eigenvalue weighted by molar-refractivity contribution is 5.93. The van der Waals surface area contributed by atoms with Gasteiger partial charge in [-0.1, -0.05) is 19.1 Å². The predicted octanol–water partition coefficient (Wildman–Crippen LogP) is 4.27. The van der Waals surface area contributed by atoms with Gasteiger partial charge in [0.25, 0.3) is 0 Å². The number of benzene rings is 1. The molecule has 0 unspecified atom stereocenters. The molecule has 31 heavy (non-hydrogen) atoms. The first-order valence-electron chi connectivity index (χ1n) is 11.0. The van der Waals surface area contributed by atoms with E-state index in [1.54, 1.807) is 11.1 Å². The quantitative estimate of drug-likeness (QED) is 0.594. The maximum atomic E-state index is 13.1. The van der Waals surface area contributed by atoms with E-state index in [2.05, 4.69) is 17.1 Å². The fraction of sp³-hybridized carbons (Fsp3) is 0.375. The molecule has 3 aromatic rings. The van der Waals surface area contributed by atoms with Crippen LogP contribution in [0, 0.1) is 5.92 Å². The summed E-state index contributed by atoms with van der Waals surface area (Å²) in [5.41, 5.74) is 4.10. The minimum atomic E-state index is -0.00471. The molecule has 1 aromatic carbocycles. The molecular weight excluding hydrogens is 390 g/mol. The van der Waals surface area contributed by atoms with Crippen molar-refractivity contribution in [1.29, 1.82) is 0 Å². The van der Waals surface area contributed by atoms with Crippen LogP contribution in [-0.4, -0.2) is 45.8 Å². The Balaban J connectivity index is 1.28. The van der Waals surface area contributed by atoms with Crippen LogP contribution in [0.2, 0.25) is 0 Å². The molecule has 3 heterocycles. The summed E-state index contributed by atoms with van der Waals surface area (Å²) < 4.78 is 5.89. The maximum Gasteiger partial charge on any atom is 0.326 e. The molecule has 5 rings (SSSR count). The summed E-state index contributed by atoms with van der Waals surface area (Å²) >= 11 is 0. The van der Waals surface area contributed by atoms with E-state index < -0.39 is 0 Å². The molecule has 2 aliphatic rings. The summed E-state index contributed by atoms with van der Waals surface area (Å²) in [6.45, 7) is 4.76. The smallest absolute Gasteiger partial charge is 0.326 e. The van der Waals surface area contributed by atoms with E-state index in [4.69, 9.17) is 9.72 Å². The number of aromatic nitrogens is 3. The number of aromatic amines is 1. The summed E-state index contributed by atoms with van der Waals surface area (Å²) in [6, 6.07) is 12.0. The third-order valence-electron chi connectivity index (χ3n) is 5.93. The second kappa shape index (κ2) is 8.41. The van der Waals surface area contributed by atoms with E-state index in [9.17, 15) is 4.79 Å². The number of pyridine rings is 1. The second-order valence-corrected chi connectivity index (χ2v) is 8.26. The van der Waals surface area contributed by atoms with E-state index in [-0.39, 0.29) is 6.03 Å². The van der Waals surface area contributed by atoms with Gasteiger partial charge in [0.15, 0.2) is 0 Å². The van der Waals surface area contributed by atoms with Gasteiger partial charge in [-0.2, -0.15) is 5.10 Å².